The topological polar surface area (TPSA) is 88.6 Å². The van der Waals surface area contributed by atoms with Gasteiger partial charge in [0.2, 0.25) is 5.91 Å². The van der Waals surface area contributed by atoms with Crippen molar-refractivity contribution < 1.29 is 19.1 Å². The normalized spacial score (nSPS) is 10.8. The molecule has 1 aromatic rings. The Bertz CT molecular complexity index is 576. The zero-order valence-corrected chi connectivity index (χ0v) is 14.2. The molecule has 0 aliphatic carbocycles. The number of ether oxygens (including phenoxy) is 1. The maximum absolute atomic E-state index is 11.9. The third-order valence-electron chi connectivity index (χ3n) is 2.79. The molecule has 7 nitrogen and oxygen atoms in total. The lowest BCUT2D eigenvalue weighted by Gasteiger charge is -2.23. The molecule has 0 bridgehead atoms. The second-order valence-corrected chi connectivity index (χ2v) is 6.31. The number of nitrogens with zero attached hydrogens (tertiary/aromatic N) is 2. The Labute approximate surface area is 136 Å². The molecule has 1 N–H and O–H groups in total. The minimum Gasteiger partial charge on any atom is -0.452 e. The molecule has 1 rings (SSSR count). The van der Waals surface area contributed by atoms with Crippen LogP contribution in [0.2, 0.25) is 0 Å². The average molecular weight is 321 g/mol. The molecule has 2 amide bonds. The van der Waals surface area contributed by atoms with E-state index in [2.05, 4.69) is 10.3 Å². The van der Waals surface area contributed by atoms with Gasteiger partial charge in [-0.05, 0) is 39.8 Å². The van der Waals surface area contributed by atoms with Crippen LogP contribution in [0.15, 0.2) is 18.3 Å². The van der Waals surface area contributed by atoms with Gasteiger partial charge < -0.3 is 15.0 Å². The first-order chi connectivity index (χ1) is 10.6. The van der Waals surface area contributed by atoms with Gasteiger partial charge in [-0.1, -0.05) is 0 Å². The number of carbonyl (C=O) groups excluding carboxylic acids is 3. The van der Waals surface area contributed by atoms with E-state index in [1.54, 1.807) is 19.1 Å². The van der Waals surface area contributed by atoms with E-state index in [1.165, 1.54) is 18.1 Å². The largest absolute Gasteiger partial charge is 0.452 e. The minimum atomic E-state index is -0.626. The van der Waals surface area contributed by atoms with Gasteiger partial charge in [-0.25, -0.2) is 4.79 Å². The van der Waals surface area contributed by atoms with E-state index in [1.807, 2.05) is 20.8 Å². The molecule has 0 atom stereocenters. The van der Waals surface area contributed by atoms with Gasteiger partial charge >= 0.3 is 5.97 Å². The Morgan fingerprint density at radius 1 is 1.26 bits per heavy atom. The highest BCUT2D eigenvalue weighted by atomic mass is 16.5. The van der Waals surface area contributed by atoms with Crippen LogP contribution in [-0.4, -0.2) is 53.4 Å². The molecule has 0 aromatic carbocycles. The van der Waals surface area contributed by atoms with Crippen molar-refractivity contribution in [2.24, 2.45) is 0 Å². The van der Waals surface area contributed by atoms with Gasteiger partial charge in [-0.3, -0.25) is 14.6 Å². The van der Waals surface area contributed by atoms with Crippen LogP contribution in [0.5, 0.6) is 0 Å². The number of likely N-dealkylation sites (N-methyl/N-ethyl adjacent to an activating group) is 1. The van der Waals surface area contributed by atoms with Crippen molar-refractivity contribution in [1.29, 1.82) is 0 Å². The fourth-order valence-electron chi connectivity index (χ4n) is 1.67. The third-order valence-corrected chi connectivity index (χ3v) is 2.79. The summed E-state index contributed by atoms with van der Waals surface area (Å²) in [6, 6.07) is 3.26. The summed E-state index contributed by atoms with van der Waals surface area (Å²) in [5.74, 6) is -1.36. The first-order valence-electron chi connectivity index (χ1n) is 7.23. The standard InChI is InChI=1S/C16H23N3O4/c1-11-6-7-12(8-17-11)15(22)23-10-14(21)19(5)9-13(20)18-16(2,3)4/h6-8H,9-10H2,1-5H3,(H,18,20). The van der Waals surface area contributed by atoms with Crippen LogP contribution in [0.25, 0.3) is 0 Å². The summed E-state index contributed by atoms with van der Waals surface area (Å²) in [6.45, 7) is 6.83. The monoisotopic (exact) mass is 321 g/mol. The van der Waals surface area contributed by atoms with Crippen LogP contribution in [0.3, 0.4) is 0 Å². The number of esters is 1. The molecular weight excluding hydrogens is 298 g/mol. The van der Waals surface area contributed by atoms with E-state index in [4.69, 9.17) is 4.74 Å². The molecule has 0 radical (unpaired) electrons. The summed E-state index contributed by atoms with van der Waals surface area (Å²) < 4.78 is 4.93. The molecule has 0 spiro atoms. The number of carbonyl (C=O) groups is 3. The predicted molar refractivity (Wildman–Crippen MR) is 84.8 cm³/mol. The Morgan fingerprint density at radius 3 is 2.43 bits per heavy atom. The smallest absolute Gasteiger partial charge is 0.340 e. The summed E-state index contributed by atoms with van der Waals surface area (Å²) in [5, 5.41) is 2.75. The molecule has 23 heavy (non-hydrogen) atoms. The third kappa shape index (κ3) is 6.90. The fourth-order valence-corrected chi connectivity index (χ4v) is 1.67. The van der Waals surface area contributed by atoms with Crippen LogP contribution < -0.4 is 5.32 Å². The Hall–Kier alpha value is -2.44. The minimum absolute atomic E-state index is 0.0975. The Balaban J connectivity index is 2.45. The molecule has 0 aliphatic rings. The van der Waals surface area contributed by atoms with Crippen LogP contribution in [0.4, 0.5) is 0 Å². The van der Waals surface area contributed by atoms with E-state index in [9.17, 15) is 14.4 Å². The summed E-state index contributed by atoms with van der Waals surface area (Å²) in [7, 11) is 1.48. The SMILES string of the molecule is Cc1ccc(C(=O)OCC(=O)N(C)CC(=O)NC(C)(C)C)cn1. The first-order valence-corrected chi connectivity index (χ1v) is 7.23. The molecule has 0 fully saturated rings. The summed E-state index contributed by atoms with van der Waals surface area (Å²) in [6.07, 6.45) is 1.39. The van der Waals surface area contributed by atoms with E-state index >= 15 is 0 Å². The zero-order valence-electron chi connectivity index (χ0n) is 14.2. The lowest BCUT2D eigenvalue weighted by molar-refractivity contribution is -0.137. The van der Waals surface area contributed by atoms with Gasteiger partial charge in [0.15, 0.2) is 6.61 Å². The van der Waals surface area contributed by atoms with Gasteiger partial charge in [0.25, 0.3) is 5.91 Å². The van der Waals surface area contributed by atoms with Gasteiger partial charge in [-0.2, -0.15) is 0 Å². The molecule has 0 aliphatic heterocycles. The molecule has 1 heterocycles. The van der Waals surface area contributed by atoms with Crippen LogP contribution in [0.1, 0.15) is 36.8 Å². The highest BCUT2D eigenvalue weighted by Gasteiger charge is 2.19. The van der Waals surface area contributed by atoms with Crippen molar-refractivity contribution in [1.82, 2.24) is 15.2 Å². The molecule has 7 heteroatoms. The van der Waals surface area contributed by atoms with Crippen molar-refractivity contribution >= 4 is 17.8 Å². The second kappa shape index (κ2) is 7.71. The molecular formula is C16H23N3O4. The van der Waals surface area contributed by atoms with Crippen molar-refractivity contribution in [3.63, 3.8) is 0 Å². The number of hydrogen-bond donors (Lipinski definition) is 1. The second-order valence-electron chi connectivity index (χ2n) is 6.31. The fraction of sp³-hybridized carbons (Fsp3) is 0.500. The molecule has 126 valence electrons. The summed E-state index contributed by atoms with van der Waals surface area (Å²) in [4.78, 5) is 40.6. The van der Waals surface area contributed by atoms with Crippen molar-refractivity contribution in [2.45, 2.75) is 33.2 Å². The molecule has 0 saturated carbocycles. The molecule has 0 unspecified atom stereocenters. The lowest BCUT2D eigenvalue weighted by atomic mass is 10.1. The number of rotatable bonds is 5. The Kier molecular flexibility index (Phi) is 6.24. The number of nitrogens with one attached hydrogen (secondary N) is 1. The molecule has 0 saturated heterocycles. The quantitative estimate of drug-likeness (QED) is 0.815. The number of pyridine rings is 1. The number of aryl methyl sites for hydroxylation is 1. The van der Waals surface area contributed by atoms with Gasteiger partial charge in [0.05, 0.1) is 12.1 Å². The number of aromatic nitrogens is 1. The maximum atomic E-state index is 11.9. The van der Waals surface area contributed by atoms with Crippen molar-refractivity contribution in [2.75, 3.05) is 20.2 Å². The Morgan fingerprint density at radius 2 is 1.91 bits per heavy atom. The highest BCUT2D eigenvalue weighted by molar-refractivity contribution is 5.91. The summed E-state index contributed by atoms with van der Waals surface area (Å²) in [5.41, 5.74) is 0.685. The van der Waals surface area contributed by atoms with Crippen molar-refractivity contribution in [3.05, 3.63) is 29.6 Å². The van der Waals surface area contributed by atoms with Gasteiger partial charge in [-0.15, -0.1) is 0 Å². The van der Waals surface area contributed by atoms with E-state index in [0.717, 1.165) is 5.69 Å². The van der Waals surface area contributed by atoms with Crippen LogP contribution in [-0.2, 0) is 14.3 Å². The van der Waals surface area contributed by atoms with E-state index in [0.29, 0.717) is 0 Å². The van der Waals surface area contributed by atoms with Crippen LogP contribution in [0, 0.1) is 6.92 Å². The maximum Gasteiger partial charge on any atom is 0.340 e. The van der Waals surface area contributed by atoms with Crippen molar-refractivity contribution in [3.8, 4) is 0 Å². The van der Waals surface area contributed by atoms with E-state index in [-0.39, 0.29) is 23.6 Å². The van der Waals surface area contributed by atoms with Gasteiger partial charge in [0, 0.05) is 24.5 Å². The first kappa shape index (κ1) is 18.6. The molecule has 1 aromatic heterocycles. The van der Waals surface area contributed by atoms with Crippen LogP contribution >= 0.6 is 0 Å². The lowest BCUT2D eigenvalue weighted by Crippen LogP contribution is -2.46. The van der Waals surface area contributed by atoms with Gasteiger partial charge in [0.1, 0.15) is 0 Å². The number of amides is 2. The zero-order chi connectivity index (χ0) is 17.6. The number of hydrogen-bond acceptors (Lipinski definition) is 5. The van der Waals surface area contributed by atoms with E-state index < -0.39 is 18.5 Å². The highest BCUT2D eigenvalue weighted by Crippen LogP contribution is 2.02. The summed E-state index contributed by atoms with van der Waals surface area (Å²) >= 11 is 0. The predicted octanol–water partition coefficient (Wildman–Crippen LogP) is 0.920. The average Bonchev–Trinajstić information content (AvgIpc) is 2.42.